The van der Waals surface area contributed by atoms with Crippen LogP contribution in [0.25, 0.3) is 0 Å². The fraction of sp³-hybridized carbons (Fsp3) is 0.368. The van der Waals surface area contributed by atoms with Gasteiger partial charge < -0.3 is 20.3 Å². The lowest BCUT2D eigenvalue weighted by Crippen LogP contribution is -2.44. The number of rotatable bonds is 5. The van der Waals surface area contributed by atoms with Crippen LogP contribution >= 0.6 is 39.9 Å². The minimum absolute atomic E-state index is 0. The van der Waals surface area contributed by atoms with Gasteiger partial charge in [0, 0.05) is 55.1 Å². The number of pyridine rings is 1. The van der Waals surface area contributed by atoms with Crippen LogP contribution in [-0.4, -0.2) is 44.2 Å². The number of guanidine groups is 1. The normalized spacial score (nSPS) is 16.6. The van der Waals surface area contributed by atoms with Gasteiger partial charge in [-0.05, 0) is 36.2 Å². The van der Waals surface area contributed by atoms with Crippen LogP contribution in [0.5, 0.6) is 5.88 Å². The van der Waals surface area contributed by atoms with E-state index in [0.29, 0.717) is 18.5 Å². The van der Waals surface area contributed by atoms with E-state index in [1.807, 2.05) is 18.3 Å². The molecule has 1 unspecified atom stereocenters. The van der Waals surface area contributed by atoms with E-state index in [1.165, 1.54) is 5.69 Å². The van der Waals surface area contributed by atoms with Crippen molar-refractivity contribution in [3.63, 3.8) is 0 Å². The number of nitrogens with one attached hydrogen (secondary N) is 2. The van der Waals surface area contributed by atoms with Gasteiger partial charge in [-0.2, -0.15) is 0 Å². The molecule has 0 radical (unpaired) electrons. The fourth-order valence-corrected chi connectivity index (χ4v) is 3.24. The molecule has 3 rings (SSSR count). The van der Waals surface area contributed by atoms with E-state index < -0.39 is 0 Å². The van der Waals surface area contributed by atoms with Gasteiger partial charge in [0.05, 0.1) is 7.11 Å². The summed E-state index contributed by atoms with van der Waals surface area (Å²) in [5.41, 5.74) is 2.33. The van der Waals surface area contributed by atoms with Gasteiger partial charge >= 0.3 is 0 Å². The van der Waals surface area contributed by atoms with Crippen molar-refractivity contribution in [1.82, 2.24) is 15.6 Å². The van der Waals surface area contributed by atoms with Crippen LogP contribution in [0.1, 0.15) is 12.0 Å². The standard InChI is InChI=1S/C19H24BrN5O.HI/c1-21-19(23-12-14-3-8-18(26-2)22-11-14)24-16-9-10-25(13-16)17-6-4-15(20)5-7-17;/h3-8,11,16H,9-10,12-13H2,1-2H3,(H2,21,23,24);1H. The average molecular weight is 546 g/mol. The Bertz CT molecular complexity index is 739. The lowest BCUT2D eigenvalue weighted by atomic mass is 10.2. The Hall–Kier alpha value is -1.55. The quantitative estimate of drug-likeness (QED) is 0.342. The molecule has 146 valence electrons. The topological polar surface area (TPSA) is 61.8 Å². The molecule has 0 amide bonds. The highest BCUT2D eigenvalue weighted by Gasteiger charge is 2.23. The Morgan fingerprint density at radius 3 is 2.70 bits per heavy atom. The monoisotopic (exact) mass is 545 g/mol. The van der Waals surface area contributed by atoms with Crippen molar-refractivity contribution in [1.29, 1.82) is 0 Å². The third-order valence-electron chi connectivity index (χ3n) is 4.41. The molecule has 0 aliphatic carbocycles. The molecule has 1 fully saturated rings. The number of halogens is 2. The molecule has 1 atom stereocenters. The third kappa shape index (κ3) is 6.24. The highest BCUT2D eigenvalue weighted by Crippen LogP contribution is 2.22. The predicted octanol–water partition coefficient (Wildman–Crippen LogP) is 3.41. The number of aliphatic imine (C=N–C) groups is 1. The second-order valence-corrected chi connectivity index (χ2v) is 7.10. The maximum Gasteiger partial charge on any atom is 0.212 e. The number of methoxy groups -OCH3 is 1. The first-order valence-electron chi connectivity index (χ1n) is 8.64. The van der Waals surface area contributed by atoms with E-state index >= 15 is 0 Å². The van der Waals surface area contributed by atoms with Gasteiger partial charge in [-0.3, -0.25) is 4.99 Å². The first kappa shape index (κ1) is 21.7. The van der Waals surface area contributed by atoms with Crippen molar-refractivity contribution in [3.8, 4) is 5.88 Å². The van der Waals surface area contributed by atoms with Gasteiger partial charge in [0.25, 0.3) is 0 Å². The molecule has 2 aromatic rings. The van der Waals surface area contributed by atoms with Crippen LogP contribution < -0.4 is 20.3 Å². The predicted molar refractivity (Wildman–Crippen MR) is 124 cm³/mol. The molecule has 1 aromatic carbocycles. The van der Waals surface area contributed by atoms with E-state index in [-0.39, 0.29) is 24.0 Å². The second-order valence-electron chi connectivity index (χ2n) is 6.19. The molecule has 1 saturated heterocycles. The van der Waals surface area contributed by atoms with Crippen LogP contribution in [0.15, 0.2) is 52.1 Å². The molecule has 27 heavy (non-hydrogen) atoms. The van der Waals surface area contributed by atoms with Crippen molar-refractivity contribution in [2.24, 2.45) is 4.99 Å². The number of hydrogen-bond donors (Lipinski definition) is 2. The third-order valence-corrected chi connectivity index (χ3v) is 4.94. The molecule has 1 aromatic heterocycles. The Labute approximate surface area is 186 Å². The molecule has 0 spiro atoms. The molecule has 0 saturated carbocycles. The van der Waals surface area contributed by atoms with Gasteiger partial charge in [-0.25, -0.2) is 4.98 Å². The lowest BCUT2D eigenvalue weighted by molar-refractivity contribution is 0.397. The summed E-state index contributed by atoms with van der Waals surface area (Å²) in [7, 11) is 3.41. The van der Waals surface area contributed by atoms with Crippen molar-refractivity contribution in [3.05, 3.63) is 52.6 Å². The van der Waals surface area contributed by atoms with Crippen LogP contribution in [0.3, 0.4) is 0 Å². The SMILES string of the molecule is CN=C(NCc1ccc(OC)nc1)NC1CCN(c2ccc(Br)cc2)C1.I. The summed E-state index contributed by atoms with van der Waals surface area (Å²) < 4.78 is 6.19. The van der Waals surface area contributed by atoms with Crippen LogP contribution in [0.4, 0.5) is 5.69 Å². The van der Waals surface area contributed by atoms with Crippen molar-refractivity contribution in [2.45, 2.75) is 19.0 Å². The zero-order chi connectivity index (χ0) is 18.4. The average Bonchev–Trinajstić information content (AvgIpc) is 3.14. The van der Waals surface area contributed by atoms with Crippen molar-refractivity contribution in [2.75, 3.05) is 32.1 Å². The lowest BCUT2D eigenvalue weighted by Gasteiger charge is -2.20. The second kappa shape index (κ2) is 10.7. The summed E-state index contributed by atoms with van der Waals surface area (Å²) in [5, 5.41) is 6.86. The highest BCUT2D eigenvalue weighted by molar-refractivity contribution is 14.0. The van der Waals surface area contributed by atoms with Gasteiger partial charge in [0.1, 0.15) is 0 Å². The van der Waals surface area contributed by atoms with Gasteiger partial charge in [-0.1, -0.05) is 22.0 Å². The van der Waals surface area contributed by atoms with Crippen LogP contribution in [0.2, 0.25) is 0 Å². The minimum atomic E-state index is 0. The highest BCUT2D eigenvalue weighted by atomic mass is 127. The zero-order valence-corrected chi connectivity index (χ0v) is 19.4. The Morgan fingerprint density at radius 1 is 1.30 bits per heavy atom. The van der Waals surface area contributed by atoms with E-state index in [1.54, 1.807) is 14.2 Å². The minimum Gasteiger partial charge on any atom is -0.481 e. The summed E-state index contributed by atoms with van der Waals surface area (Å²) >= 11 is 3.49. The maximum atomic E-state index is 5.08. The van der Waals surface area contributed by atoms with Crippen LogP contribution in [0, 0.1) is 0 Å². The van der Waals surface area contributed by atoms with Gasteiger partial charge in [0.2, 0.25) is 5.88 Å². The maximum absolute atomic E-state index is 5.08. The van der Waals surface area contributed by atoms with E-state index in [0.717, 1.165) is 35.5 Å². The summed E-state index contributed by atoms with van der Waals surface area (Å²) in [6.07, 6.45) is 2.89. The Kier molecular flexibility index (Phi) is 8.62. The molecule has 0 bridgehead atoms. The van der Waals surface area contributed by atoms with E-state index in [9.17, 15) is 0 Å². The number of aromatic nitrogens is 1. The number of benzene rings is 1. The molecule has 8 heteroatoms. The molecule has 1 aliphatic rings. The fourth-order valence-electron chi connectivity index (χ4n) is 2.97. The summed E-state index contributed by atoms with van der Waals surface area (Å²) in [6.45, 7) is 2.67. The number of hydrogen-bond acceptors (Lipinski definition) is 4. The number of anilines is 1. The smallest absolute Gasteiger partial charge is 0.212 e. The van der Waals surface area contributed by atoms with Crippen LogP contribution in [-0.2, 0) is 6.54 Å². The summed E-state index contributed by atoms with van der Waals surface area (Å²) in [6, 6.07) is 12.7. The van der Waals surface area contributed by atoms with E-state index in [4.69, 9.17) is 4.74 Å². The molecule has 2 heterocycles. The Balaban J connectivity index is 0.00000261. The van der Waals surface area contributed by atoms with E-state index in [2.05, 4.69) is 65.7 Å². The van der Waals surface area contributed by atoms with Crippen molar-refractivity contribution >= 4 is 51.6 Å². The number of ether oxygens (including phenoxy) is 1. The van der Waals surface area contributed by atoms with Gasteiger partial charge in [0.15, 0.2) is 5.96 Å². The van der Waals surface area contributed by atoms with Crippen molar-refractivity contribution < 1.29 is 4.74 Å². The summed E-state index contributed by atoms with van der Waals surface area (Å²) in [4.78, 5) is 10.9. The molecular weight excluding hydrogens is 521 g/mol. The first-order valence-corrected chi connectivity index (χ1v) is 9.44. The first-order chi connectivity index (χ1) is 12.7. The zero-order valence-electron chi connectivity index (χ0n) is 15.5. The molecule has 2 N–H and O–H groups in total. The molecule has 1 aliphatic heterocycles. The number of nitrogens with zero attached hydrogens (tertiary/aromatic N) is 3. The largest absolute Gasteiger partial charge is 0.481 e. The van der Waals surface area contributed by atoms with Gasteiger partial charge in [-0.15, -0.1) is 24.0 Å². The molecule has 6 nitrogen and oxygen atoms in total. The summed E-state index contributed by atoms with van der Waals surface area (Å²) in [5.74, 6) is 1.43. The molecular formula is C19H25BrIN5O. The Morgan fingerprint density at radius 2 is 2.07 bits per heavy atom.